The SMILES string of the molecule is Cc1cc(C)n(CC(=O)Nc2ccccc2CC(=O)O)n1. The number of aliphatic carboxylic acids is 1. The van der Waals surface area contributed by atoms with Gasteiger partial charge in [0.15, 0.2) is 0 Å². The fraction of sp³-hybridized carbons (Fsp3) is 0.267. The topological polar surface area (TPSA) is 84.2 Å². The van der Waals surface area contributed by atoms with Crippen LogP contribution < -0.4 is 5.32 Å². The maximum Gasteiger partial charge on any atom is 0.307 e. The molecule has 6 heteroatoms. The molecule has 1 aromatic carbocycles. The molecule has 0 aliphatic heterocycles. The smallest absolute Gasteiger partial charge is 0.307 e. The van der Waals surface area contributed by atoms with E-state index in [0.29, 0.717) is 11.3 Å². The molecule has 21 heavy (non-hydrogen) atoms. The van der Waals surface area contributed by atoms with Crippen molar-refractivity contribution in [3.05, 3.63) is 47.3 Å². The Morgan fingerprint density at radius 3 is 2.62 bits per heavy atom. The summed E-state index contributed by atoms with van der Waals surface area (Å²) in [5, 5.41) is 15.8. The lowest BCUT2D eigenvalue weighted by Gasteiger charge is -2.10. The van der Waals surface area contributed by atoms with Gasteiger partial charge in [-0.15, -0.1) is 0 Å². The van der Waals surface area contributed by atoms with Gasteiger partial charge in [0.05, 0.1) is 12.1 Å². The molecule has 0 spiro atoms. The van der Waals surface area contributed by atoms with E-state index in [2.05, 4.69) is 10.4 Å². The Morgan fingerprint density at radius 2 is 2.00 bits per heavy atom. The average Bonchev–Trinajstić information content (AvgIpc) is 2.69. The highest BCUT2D eigenvalue weighted by Crippen LogP contribution is 2.16. The molecule has 0 saturated carbocycles. The zero-order valence-corrected chi connectivity index (χ0v) is 12.0. The fourth-order valence-electron chi connectivity index (χ4n) is 2.12. The van der Waals surface area contributed by atoms with Crippen LogP contribution in [0, 0.1) is 13.8 Å². The molecule has 0 saturated heterocycles. The zero-order chi connectivity index (χ0) is 15.4. The molecule has 2 rings (SSSR count). The number of carboxylic acids is 1. The van der Waals surface area contributed by atoms with Crippen molar-refractivity contribution in [1.29, 1.82) is 0 Å². The second kappa shape index (κ2) is 6.21. The summed E-state index contributed by atoms with van der Waals surface area (Å²) in [4.78, 5) is 22.9. The summed E-state index contributed by atoms with van der Waals surface area (Å²) >= 11 is 0. The normalized spacial score (nSPS) is 10.4. The van der Waals surface area contributed by atoms with E-state index in [9.17, 15) is 9.59 Å². The van der Waals surface area contributed by atoms with E-state index in [1.54, 1.807) is 28.9 Å². The van der Waals surface area contributed by atoms with E-state index < -0.39 is 5.97 Å². The number of hydrogen-bond acceptors (Lipinski definition) is 3. The monoisotopic (exact) mass is 287 g/mol. The van der Waals surface area contributed by atoms with E-state index in [1.807, 2.05) is 19.9 Å². The van der Waals surface area contributed by atoms with Crippen molar-refractivity contribution < 1.29 is 14.7 Å². The number of aromatic nitrogens is 2. The summed E-state index contributed by atoms with van der Waals surface area (Å²) in [5.41, 5.74) is 2.85. The quantitative estimate of drug-likeness (QED) is 0.877. The summed E-state index contributed by atoms with van der Waals surface area (Å²) in [6.07, 6.45) is -0.129. The Labute approximate surface area is 122 Å². The van der Waals surface area contributed by atoms with Crippen LogP contribution in [0.1, 0.15) is 17.0 Å². The highest BCUT2D eigenvalue weighted by Gasteiger charge is 2.11. The third kappa shape index (κ3) is 3.92. The van der Waals surface area contributed by atoms with Gasteiger partial charge in [-0.05, 0) is 31.5 Å². The van der Waals surface area contributed by atoms with Gasteiger partial charge in [-0.1, -0.05) is 18.2 Å². The number of para-hydroxylation sites is 1. The molecule has 1 heterocycles. The molecule has 6 nitrogen and oxygen atoms in total. The summed E-state index contributed by atoms with van der Waals surface area (Å²) in [6, 6.07) is 8.77. The Morgan fingerprint density at radius 1 is 1.29 bits per heavy atom. The van der Waals surface area contributed by atoms with E-state index >= 15 is 0 Å². The first-order chi connectivity index (χ1) is 9.95. The lowest BCUT2D eigenvalue weighted by molar-refractivity contribution is -0.136. The van der Waals surface area contributed by atoms with Crippen LogP contribution in [-0.2, 0) is 22.6 Å². The van der Waals surface area contributed by atoms with Crippen molar-refractivity contribution in [1.82, 2.24) is 9.78 Å². The van der Waals surface area contributed by atoms with Gasteiger partial charge in [0.1, 0.15) is 6.54 Å². The standard InChI is InChI=1S/C15H17N3O3/c1-10-7-11(2)18(17-10)9-14(19)16-13-6-4-3-5-12(13)8-15(20)21/h3-7H,8-9H2,1-2H3,(H,16,19)(H,20,21). The minimum absolute atomic E-state index is 0.0983. The third-order valence-corrected chi connectivity index (χ3v) is 3.03. The Kier molecular flexibility index (Phi) is 4.37. The first kappa shape index (κ1) is 14.8. The number of benzene rings is 1. The van der Waals surface area contributed by atoms with Crippen molar-refractivity contribution >= 4 is 17.6 Å². The molecule has 0 atom stereocenters. The number of carboxylic acid groups (broad SMARTS) is 1. The van der Waals surface area contributed by atoms with Gasteiger partial charge in [-0.3, -0.25) is 14.3 Å². The highest BCUT2D eigenvalue weighted by molar-refractivity contribution is 5.92. The summed E-state index contributed by atoms with van der Waals surface area (Å²) in [7, 11) is 0. The van der Waals surface area contributed by atoms with Gasteiger partial charge >= 0.3 is 5.97 Å². The molecule has 0 aliphatic carbocycles. The van der Waals surface area contributed by atoms with Crippen LogP contribution in [0.3, 0.4) is 0 Å². The van der Waals surface area contributed by atoms with Gasteiger partial charge < -0.3 is 10.4 Å². The van der Waals surface area contributed by atoms with E-state index in [-0.39, 0.29) is 18.9 Å². The molecule has 2 N–H and O–H groups in total. The fourth-order valence-corrected chi connectivity index (χ4v) is 2.12. The van der Waals surface area contributed by atoms with Gasteiger partial charge in [0.2, 0.25) is 5.91 Å². The lowest BCUT2D eigenvalue weighted by atomic mass is 10.1. The molecule has 0 fully saturated rings. The van der Waals surface area contributed by atoms with Gasteiger partial charge in [-0.25, -0.2) is 0 Å². The Balaban J connectivity index is 2.09. The molecule has 0 bridgehead atoms. The molecule has 0 radical (unpaired) electrons. The largest absolute Gasteiger partial charge is 0.481 e. The molecular formula is C15H17N3O3. The number of rotatable bonds is 5. The molecule has 110 valence electrons. The maximum atomic E-state index is 12.1. The van der Waals surface area contributed by atoms with E-state index in [1.165, 1.54) is 0 Å². The number of carbonyl (C=O) groups is 2. The van der Waals surface area contributed by atoms with Crippen LogP contribution >= 0.6 is 0 Å². The van der Waals surface area contributed by atoms with Crippen LogP contribution in [0.4, 0.5) is 5.69 Å². The summed E-state index contributed by atoms with van der Waals surface area (Å²) < 4.78 is 1.62. The Hall–Kier alpha value is -2.63. The summed E-state index contributed by atoms with van der Waals surface area (Å²) in [6.45, 7) is 3.84. The predicted octanol–water partition coefficient (Wildman–Crippen LogP) is 1.77. The average molecular weight is 287 g/mol. The molecule has 0 aliphatic rings. The van der Waals surface area contributed by atoms with Gasteiger partial charge in [-0.2, -0.15) is 5.10 Å². The van der Waals surface area contributed by atoms with Crippen LogP contribution in [0.25, 0.3) is 0 Å². The van der Waals surface area contributed by atoms with E-state index in [0.717, 1.165) is 11.4 Å². The van der Waals surface area contributed by atoms with Crippen LogP contribution in [0.15, 0.2) is 30.3 Å². The number of anilines is 1. The van der Waals surface area contributed by atoms with Crippen molar-refractivity contribution in [2.45, 2.75) is 26.8 Å². The number of nitrogens with zero attached hydrogens (tertiary/aromatic N) is 2. The second-order valence-electron chi connectivity index (χ2n) is 4.86. The van der Waals surface area contributed by atoms with Crippen molar-refractivity contribution in [2.24, 2.45) is 0 Å². The van der Waals surface area contributed by atoms with Crippen molar-refractivity contribution in [3.63, 3.8) is 0 Å². The van der Waals surface area contributed by atoms with E-state index in [4.69, 9.17) is 5.11 Å². The van der Waals surface area contributed by atoms with Crippen LogP contribution in [0.5, 0.6) is 0 Å². The molecule has 1 amide bonds. The minimum atomic E-state index is -0.935. The maximum absolute atomic E-state index is 12.1. The lowest BCUT2D eigenvalue weighted by Crippen LogP contribution is -2.21. The van der Waals surface area contributed by atoms with Crippen LogP contribution in [-0.4, -0.2) is 26.8 Å². The van der Waals surface area contributed by atoms with Crippen molar-refractivity contribution in [3.8, 4) is 0 Å². The third-order valence-electron chi connectivity index (χ3n) is 3.03. The Bertz CT molecular complexity index is 677. The van der Waals surface area contributed by atoms with Gasteiger partial charge in [0, 0.05) is 11.4 Å². The predicted molar refractivity (Wildman–Crippen MR) is 78.1 cm³/mol. The van der Waals surface area contributed by atoms with Crippen LogP contribution in [0.2, 0.25) is 0 Å². The molecule has 2 aromatic rings. The van der Waals surface area contributed by atoms with Crippen molar-refractivity contribution in [2.75, 3.05) is 5.32 Å². The first-order valence-corrected chi connectivity index (χ1v) is 6.56. The van der Waals surface area contributed by atoms with Gasteiger partial charge in [0.25, 0.3) is 0 Å². The number of hydrogen-bond donors (Lipinski definition) is 2. The molecular weight excluding hydrogens is 270 g/mol. The molecule has 0 unspecified atom stereocenters. The summed E-state index contributed by atoms with van der Waals surface area (Å²) in [5.74, 6) is -1.17. The number of aryl methyl sites for hydroxylation is 2. The molecule has 1 aromatic heterocycles. The minimum Gasteiger partial charge on any atom is -0.481 e. The zero-order valence-electron chi connectivity index (χ0n) is 12.0. The first-order valence-electron chi connectivity index (χ1n) is 6.56. The number of amides is 1. The number of carbonyl (C=O) groups excluding carboxylic acids is 1. The number of nitrogens with one attached hydrogen (secondary N) is 1. The highest BCUT2D eigenvalue weighted by atomic mass is 16.4. The second-order valence-corrected chi connectivity index (χ2v) is 4.86.